The van der Waals surface area contributed by atoms with Gasteiger partial charge in [0.2, 0.25) is 0 Å². The van der Waals surface area contributed by atoms with Crippen molar-refractivity contribution in [2.45, 2.75) is 22.9 Å². The van der Waals surface area contributed by atoms with Gasteiger partial charge < -0.3 is 15.2 Å². The van der Waals surface area contributed by atoms with Gasteiger partial charge in [-0.1, -0.05) is 6.07 Å². The number of rotatable bonds is 5. The van der Waals surface area contributed by atoms with Crippen molar-refractivity contribution in [2.75, 3.05) is 13.6 Å². The monoisotopic (exact) mass is 364 g/mol. The van der Waals surface area contributed by atoms with Gasteiger partial charge in [-0.15, -0.1) is 0 Å². The summed E-state index contributed by atoms with van der Waals surface area (Å²) in [6, 6.07) is 3.90. The van der Waals surface area contributed by atoms with E-state index in [1.54, 1.807) is 7.05 Å². The van der Waals surface area contributed by atoms with Crippen molar-refractivity contribution in [3.63, 3.8) is 0 Å². The number of nitrogens with two attached hydrogens (primary N) is 1. The molecule has 0 aliphatic rings. The number of quaternary nitrogens is 1. The molecule has 0 atom stereocenters. The molecule has 0 radical (unpaired) electrons. The number of carbonyl (C=O) groups excluding carboxylic acids is 1. The predicted molar refractivity (Wildman–Crippen MR) is 64.8 cm³/mol. The summed E-state index contributed by atoms with van der Waals surface area (Å²) in [7, 11) is -3.07. The first kappa shape index (κ1) is 21.2. The van der Waals surface area contributed by atoms with Crippen LogP contribution >= 0.6 is 0 Å². The number of sulfone groups is 1. The van der Waals surface area contributed by atoms with Crippen LogP contribution in [0.1, 0.15) is 6.42 Å². The predicted octanol–water partition coefficient (Wildman–Crippen LogP) is -0.670. The molecule has 0 spiro atoms. The number of carboxylic acid groups (broad SMARTS) is 1. The maximum atomic E-state index is 13.4. The van der Waals surface area contributed by atoms with Crippen molar-refractivity contribution < 1.29 is 45.6 Å². The quantitative estimate of drug-likeness (QED) is 0.698. The first-order chi connectivity index (χ1) is 10.4. The summed E-state index contributed by atoms with van der Waals surface area (Å²) in [6.07, 6.45) is -4.74. The van der Waals surface area contributed by atoms with Crippen molar-refractivity contribution in [3.05, 3.63) is 24.4 Å². The molecule has 0 fully saturated rings. The maximum Gasteiger partial charge on any atom is 0.430 e. The summed E-state index contributed by atoms with van der Waals surface area (Å²) >= 11 is 0. The highest BCUT2D eigenvalue weighted by Gasteiger charge is 2.46. The van der Waals surface area contributed by atoms with Crippen LogP contribution in [-0.2, 0) is 14.6 Å². The van der Waals surface area contributed by atoms with Crippen LogP contribution in [0.5, 0.6) is 0 Å². The average molecular weight is 364 g/mol. The van der Waals surface area contributed by atoms with Crippen LogP contribution in [0.3, 0.4) is 0 Å². The average Bonchev–Trinajstić information content (AvgIpc) is 2.45. The van der Waals surface area contributed by atoms with Crippen LogP contribution in [0.4, 0.5) is 22.0 Å². The largest absolute Gasteiger partial charge is 0.542 e. The third-order valence-electron chi connectivity index (χ3n) is 2.26. The Labute approximate surface area is 128 Å². The van der Waals surface area contributed by atoms with Gasteiger partial charge in [-0.05, 0) is 12.1 Å². The van der Waals surface area contributed by atoms with Crippen LogP contribution < -0.4 is 10.4 Å². The Kier molecular flexibility index (Phi) is 7.51. The van der Waals surface area contributed by atoms with E-state index in [9.17, 15) is 30.4 Å². The maximum absolute atomic E-state index is 13.4. The Hall–Kier alpha value is -1.82. The minimum Gasteiger partial charge on any atom is -0.542 e. The van der Waals surface area contributed by atoms with Gasteiger partial charge in [0, 0.05) is 6.20 Å². The molecule has 1 aromatic heterocycles. The van der Waals surface area contributed by atoms with Gasteiger partial charge in [-0.3, -0.25) is 0 Å². The Bertz CT molecular complexity index is 605. The van der Waals surface area contributed by atoms with Crippen LogP contribution in [0.15, 0.2) is 29.4 Å². The van der Waals surface area contributed by atoms with Gasteiger partial charge in [0.15, 0.2) is 5.03 Å². The molecule has 1 aromatic rings. The van der Waals surface area contributed by atoms with E-state index >= 15 is 0 Å². The molecular weight excluding hydrogens is 351 g/mol. The Morgan fingerprint density at radius 3 is 2.13 bits per heavy atom. The Morgan fingerprint density at radius 2 is 1.78 bits per heavy atom. The van der Waals surface area contributed by atoms with Gasteiger partial charge in [-0.25, -0.2) is 13.4 Å². The minimum atomic E-state index is -5.19. The van der Waals surface area contributed by atoms with E-state index in [-0.39, 0.29) is 6.54 Å². The third kappa shape index (κ3) is 6.44. The fraction of sp³-hybridized carbons (Fsp3) is 0.455. The van der Waals surface area contributed by atoms with Gasteiger partial charge in [0.05, 0.1) is 20.0 Å². The molecule has 132 valence electrons. The second-order valence-electron chi connectivity index (χ2n) is 4.04. The van der Waals surface area contributed by atoms with Gasteiger partial charge >= 0.3 is 11.4 Å². The molecule has 1 rings (SSSR count). The number of hydrogen-bond acceptors (Lipinski definition) is 5. The zero-order valence-corrected chi connectivity index (χ0v) is 12.5. The summed E-state index contributed by atoms with van der Waals surface area (Å²) in [5.74, 6) is -3.01. The lowest BCUT2D eigenvalue weighted by atomic mass is 10.4. The lowest BCUT2D eigenvalue weighted by Crippen LogP contribution is -2.80. The lowest BCUT2D eigenvalue weighted by molar-refractivity contribution is -0.628. The molecule has 0 saturated heterocycles. The number of aromatic nitrogens is 1. The molecule has 0 amide bonds. The van der Waals surface area contributed by atoms with Crippen molar-refractivity contribution in [3.8, 4) is 0 Å². The zero-order valence-electron chi connectivity index (χ0n) is 11.7. The van der Waals surface area contributed by atoms with Gasteiger partial charge in [0.25, 0.3) is 9.84 Å². The summed E-state index contributed by atoms with van der Waals surface area (Å²) in [5, 5.41) is 5.93. The van der Waals surface area contributed by atoms with E-state index in [2.05, 4.69) is 4.98 Å². The number of aliphatic carboxylic acids is 1. The number of alkyl halides is 5. The first-order valence-electron chi connectivity index (χ1n) is 5.95. The fourth-order valence-corrected chi connectivity index (χ4v) is 2.26. The highest BCUT2D eigenvalue weighted by molar-refractivity contribution is 7.92. The van der Waals surface area contributed by atoms with Gasteiger partial charge in [-0.2, -0.15) is 22.0 Å². The van der Waals surface area contributed by atoms with Crippen molar-refractivity contribution >= 4 is 15.8 Å². The molecule has 0 saturated carbocycles. The van der Waals surface area contributed by atoms with E-state index in [4.69, 9.17) is 9.90 Å². The van der Waals surface area contributed by atoms with Crippen LogP contribution in [0.25, 0.3) is 0 Å². The molecule has 1 heterocycles. The highest BCUT2D eigenvalue weighted by atomic mass is 32.2. The molecule has 0 aliphatic heterocycles. The molecule has 6 nitrogen and oxygen atoms in total. The molecule has 0 aliphatic carbocycles. The first-order valence-corrected chi connectivity index (χ1v) is 7.44. The second-order valence-corrected chi connectivity index (χ2v) is 6.06. The number of nitrogens with zero attached hydrogens (tertiary/aromatic N) is 1. The molecule has 12 heteroatoms. The fourth-order valence-electron chi connectivity index (χ4n) is 1.11. The van der Waals surface area contributed by atoms with E-state index in [0.717, 1.165) is 6.07 Å². The Balaban J connectivity index is 0.000000585. The third-order valence-corrected chi connectivity index (χ3v) is 4.04. The van der Waals surface area contributed by atoms with E-state index < -0.39 is 38.7 Å². The number of halogens is 5. The minimum absolute atomic E-state index is 0.0407. The van der Waals surface area contributed by atoms with Crippen molar-refractivity contribution in [2.24, 2.45) is 0 Å². The van der Waals surface area contributed by atoms with E-state index in [0.29, 0.717) is 0 Å². The van der Waals surface area contributed by atoms with E-state index in [1.165, 1.54) is 23.6 Å². The van der Waals surface area contributed by atoms with Gasteiger partial charge in [0.1, 0.15) is 5.97 Å². The molecule has 0 aromatic carbocycles. The second kappa shape index (κ2) is 8.15. The van der Waals surface area contributed by atoms with Crippen LogP contribution in [0, 0.1) is 0 Å². The van der Waals surface area contributed by atoms with Crippen LogP contribution in [0.2, 0.25) is 0 Å². The summed E-state index contributed by atoms with van der Waals surface area (Å²) in [4.78, 5) is 12.2. The number of pyridine rings is 1. The highest BCUT2D eigenvalue weighted by Crippen LogP contribution is 2.30. The molecule has 23 heavy (non-hydrogen) atoms. The molecule has 0 unspecified atom stereocenters. The standard InChI is InChI=1S/C9H12F2N2O2S.C2HF3O2/c1-12-7-5-9(10,11)16(14,15)8-4-2-3-6-13-8;3-2(4,5)1(6)7/h2-4,6,12H,5,7H2,1H3;(H,6,7). The number of hydrogen-bond donors (Lipinski definition) is 1. The SMILES string of the molecule is C[NH2+]CCC(F)(F)S(=O)(=O)c1ccccn1.O=C([O-])C(F)(F)F. The molecular formula is C11H13F5N2O4S. The summed E-state index contributed by atoms with van der Waals surface area (Å²) < 4.78 is 81.5. The molecule has 2 N–H and O–H groups in total. The van der Waals surface area contributed by atoms with Crippen LogP contribution in [-0.4, -0.2) is 44.4 Å². The lowest BCUT2D eigenvalue weighted by Gasteiger charge is -2.14. The summed E-state index contributed by atoms with van der Waals surface area (Å²) in [6.45, 7) is 0.0407. The molecule has 0 bridgehead atoms. The normalized spacial score (nSPS) is 12.3. The van der Waals surface area contributed by atoms with Crippen molar-refractivity contribution in [1.29, 1.82) is 0 Å². The number of carbonyl (C=O) groups is 1. The summed E-state index contributed by atoms with van der Waals surface area (Å²) in [5.41, 5.74) is 0. The van der Waals surface area contributed by atoms with Crippen molar-refractivity contribution in [1.82, 2.24) is 4.98 Å². The topological polar surface area (TPSA) is 104 Å². The smallest absolute Gasteiger partial charge is 0.430 e. The van der Waals surface area contributed by atoms with E-state index in [1.807, 2.05) is 0 Å². The zero-order chi connectivity index (χ0) is 18.3. The Morgan fingerprint density at radius 1 is 1.26 bits per heavy atom. The number of carboxylic acids is 1.